The molecule has 1 unspecified atom stereocenters. The van der Waals surface area contributed by atoms with E-state index in [4.69, 9.17) is 11.6 Å². The number of amides is 1. The fourth-order valence-electron chi connectivity index (χ4n) is 2.59. The Bertz CT molecular complexity index is 1060. The molecule has 8 heteroatoms. The van der Waals surface area contributed by atoms with Crippen LogP contribution in [-0.4, -0.2) is 31.7 Å². The van der Waals surface area contributed by atoms with E-state index < -0.39 is 5.41 Å². The van der Waals surface area contributed by atoms with Crippen molar-refractivity contribution in [2.45, 2.75) is 38.1 Å². The third-order valence-electron chi connectivity index (χ3n) is 4.36. The van der Waals surface area contributed by atoms with Gasteiger partial charge in [0.15, 0.2) is 10.9 Å². The van der Waals surface area contributed by atoms with Crippen LogP contribution < -0.4 is 5.32 Å². The smallest absolute Gasteiger partial charge is 0.229 e. The van der Waals surface area contributed by atoms with E-state index in [-0.39, 0.29) is 16.9 Å². The molecule has 1 atom stereocenters. The molecule has 0 radical (unpaired) electrons. The topological polar surface area (TPSA) is 76.9 Å². The van der Waals surface area contributed by atoms with Crippen molar-refractivity contribution in [3.63, 3.8) is 0 Å². The molecule has 0 bridgehead atoms. The minimum atomic E-state index is -0.488. The van der Waals surface area contributed by atoms with Gasteiger partial charge < -0.3 is 5.32 Å². The van der Waals surface area contributed by atoms with E-state index in [2.05, 4.69) is 15.5 Å². The van der Waals surface area contributed by atoms with Crippen LogP contribution in [0.2, 0.25) is 5.02 Å². The van der Waals surface area contributed by atoms with E-state index >= 15 is 0 Å². The van der Waals surface area contributed by atoms with E-state index in [1.165, 1.54) is 11.8 Å². The van der Waals surface area contributed by atoms with Gasteiger partial charge in [-0.05, 0) is 49.4 Å². The van der Waals surface area contributed by atoms with Crippen LogP contribution in [0.1, 0.15) is 38.1 Å². The van der Waals surface area contributed by atoms with Crippen molar-refractivity contribution in [2.75, 3.05) is 5.32 Å². The Morgan fingerprint density at radius 3 is 2.47 bits per heavy atom. The summed E-state index contributed by atoms with van der Waals surface area (Å²) >= 11 is 7.40. The molecule has 2 aromatic carbocycles. The summed E-state index contributed by atoms with van der Waals surface area (Å²) in [7, 11) is 0. The van der Waals surface area contributed by atoms with Crippen LogP contribution in [0.15, 0.2) is 60.0 Å². The van der Waals surface area contributed by atoms with Crippen LogP contribution in [0.3, 0.4) is 0 Å². The van der Waals surface area contributed by atoms with E-state index in [0.29, 0.717) is 21.4 Å². The number of ketones is 1. The Kier molecular flexibility index (Phi) is 6.63. The molecule has 0 saturated carbocycles. The van der Waals surface area contributed by atoms with Gasteiger partial charge in [-0.2, -0.15) is 0 Å². The zero-order valence-electron chi connectivity index (χ0n) is 17.2. The first-order chi connectivity index (χ1) is 14.1. The van der Waals surface area contributed by atoms with E-state index in [1.807, 2.05) is 45.9 Å². The number of halogens is 1. The lowest BCUT2D eigenvalue weighted by Crippen LogP contribution is -2.27. The minimum absolute atomic E-state index is 0.0330. The van der Waals surface area contributed by atoms with Crippen molar-refractivity contribution >= 4 is 40.7 Å². The normalized spacial score (nSPS) is 12.4. The molecule has 3 rings (SSSR count). The molecule has 0 spiro atoms. The fourth-order valence-corrected chi connectivity index (χ4v) is 3.69. The highest BCUT2D eigenvalue weighted by Gasteiger charge is 2.22. The molecular formula is C22H23ClN4O2S. The molecule has 0 saturated heterocycles. The van der Waals surface area contributed by atoms with Gasteiger partial charge in [0, 0.05) is 21.7 Å². The van der Waals surface area contributed by atoms with Gasteiger partial charge in [-0.25, -0.2) is 0 Å². The molecule has 1 N–H and O–H groups in total. The summed E-state index contributed by atoms with van der Waals surface area (Å²) in [5.41, 5.74) is 1.57. The largest absolute Gasteiger partial charge is 0.326 e. The highest BCUT2D eigenvalue weighted by Crippen LogP contribution is 2.27. The fraction of sp³-hybridized carbons (Fsp3) is 0.273. The Hall–Kier alpha value is -2.64. The zero-order chi connectivity index (χ0) is 21.9. The minimum Gasteiger partial charge on any atom is -0.326 e. The SMILES string of the molecule is CC(Sc1nncn1-c1cccc(Cl)c1)C(=O)c1ccc(NC(=O)C(C)(C)C)cc1. The quantitative estimate of drug-likeness (QED) is 0.415. The van der Waals surface area contributed by atoms with Crippen LogP contribution >= 0.6 is 23.4 Å². The third-order valence-corrected chi connectivity index (χ3v) is 5.65. The van der Waals surface area contributed by atoms with E-state index in [0.717, 1.165) is 5.69 Å². The van der Waals surface area contributed by atoms with Gasteiger partial charge in [0.05, 0.1) is 10.9 Å². The number of hydrogen-bond donors (Lipinski definition) is 1. The van der Waals surface area contributed by atoms with Gasteiger partial charge in [0.2, 0.25) is 5.91 Å². The predicted molar refractivity (Wildman–Crippen MR) is 121 cm³/mol. The molecule has 0 aliphatic rings. The standard InChI is InChI=1S/C22H23ClN4O2S/c1-14(30-21-26-24-13-27(21)18-7-5-6-16(23)12-18)19(28)15-8-10-17(11-9-15)25-20(29)22(2,3)4/h5-14H,1-4H3,(H,25,29). The maximum Gasteiger partial charge on any atom is 0.229 e. The number of anilines is 1. The lowest BCUT2D eigenvalue weighted by molar-refractivity contribution is -0.123. The van der Waals surface area contributed by atoms with Crippen LogP contribution in [0.5, 0.6) is 0 Å². The van der Waals surface area contributed by atoms with Crippen LogP contribution in [0.25, 0.3) is 5.69 Å². The Morgan fingerprint density at radius 2 is 1.83 bits per heavy atom. The average Bonchev–Trinajstić information content (AvgIpc) is 3.15. The third kappa shape index (κ3) is 5.29. The van der Waals surface area contributed by atoms with Gasteiger partial charge >= 0.3 is 0 Å². The van der Waals surface area contributed by atoms with Crippen LogP contribution in [-0.2, 0) is 4.79 Å². The number of rotatable bonds is 6. The molecule has 1 amide bonds. The van der Waals surface area contributed by atoms with Crippen molar-refractivity contribution in [1.29, 1.82) is 0 Å². The second-order valence-corrected chi connectivity index (χ2v) is 9.61. The summed E-state index contributed by atoms with van der Waals surface area (Å²) in [4.78, 5) is 25.0. The monoisotopic (exact) mass is 442 g/mol. The van der Waals surface area contributed by atoms with Crippen molar-refractivity contribution in [3.05, 3.63) is 65.4 Å². The first-order valence-corrected chi connectivity index (χ1v) is 10.7. The number of Topliss-reactive ketones (excluding diaryl/α,β-unsaturated/α-hetero) is 1. The number of nitrogens with zero attached hydrogens (tertiary/aromatic N) is 3. The number of aromatic nitrogens is 3. The Labute approximate surface area is 185 Å². The Morgan fingerprint density at radius 1 is 1.13 bits per heavy atom. The second-order valence-electron chi connectivity index (χ2n) is 7.87. The number of carbonyl (C=O) groups excluding carboxylic acids is 2. The molecule has 30 heavy (non-hydrogen) atoms. The zero-order valence-corrected chi connectivity index (χ0v) is 18.8. The average molecular weight is 443 g/mol. The lowest BCUT2D eigenvalue weighted by Gasteiger charge is -2.18. The molecule has 0 fully saturated rings. The van der Waals surface area contributed by atoms with Gasteiger partial charge in [0.25, 0.3) is 0 Å². The lowest BCUT2D eigenvalue weighted by atomic mass is 9.95. The molecular weight excluding hydrogens is 420 g/mol. The number of carbonyl (C=O) groups is 2. The highest BCUT2D eigenvalue weighted by molar-refractivity contribution is 8.00. The Balaban J connectivity index is 1.70. The first kappa shape index (κ1) is 22.1. The van der Waals surface area contributed by atoms with Crippen molar-refractivity contribution in [3.8, 4) is 5.69 Å². The van der Waals surface area contributed by atoms with Crippen LogP contribution in [0, 0.1) is 5.41 Å². The van der Waals surface area contributed by atoms with Crippen molar-refractivity contribution in [2.24, 2.45) is 5.41 Å². The van der Waals surface area contributed by atoms with Gasteiger partial charge in [-0.15, -0.1) is 10.2 Å². The summed E-state index contributed by atoms with van der Waals surface area (Å²) in [5, 5.41) is 11.8. The van der Waals surface area contributed by atoms with Gasteiger partial charge in [0.1, 0.15) is 6.33 Å². The molecule has 6 nitrogen and oxygen atoms in total. The van der Waals surface area contributed by atoms with Gasteiger partial charge in [-0.1, -0.05) is 50.2 Å². The molecule has 1 aromatic heterocycles. The molecule has 1 heterocycles. The van der Waals surface area contributed by atoms with Crippen LogP contribution in [0.4, 0.5) is 5.69 Å². The summed E-state index contributed by atoms with van der Waals surface area (Å²) in [5.74, 6) is -0.111. The number of nitrogens with one attached hydrogen (secondary N) is 1. The van der Waals surface area contributed by atoms with Gasteiger partial charge in [-0.3, -0.25) is 14.2 Å². The molecule has 0 aliphatic heterocycles. The summed E-state index contributed by atoms with van der Waals surface area (Å²) in [6, 6.07) is 14.3. The van der Waals surface area contributed by atoms with E-state index in [1.54, 1.807) is 41.2 Å². The maximum atomic E-state index is 12.9. The highest BCUT2D eigenvalue weighted by atomic mass is 35.5. The maximum absolute atomic E-state index is 12.9. The summed E-state index contributed by atoms with van der Waals surface area (Å²) in [6.07, 6.45) is 1.60. The van der Waals surface area contributed by atoms with Crippen molar-refractivity contribution in [1.82, 2.24) is 14.8 Å². The second kappa shape index (κ2) is 9.02. The predicted octanol–water partition coefficient (Wildman–Crippen LogP) is 5.27. The number of benzene rings is 2. The summed E-state index contributed by atoms with van der Waals surface area (Å²) < 4.78 is 1.80. The summed E-state index contributed by atoms with van der Waals surface area (Å²) in [6.45, 7) is 7.38. The molecule has 0 aliphatic carbocycles. The first-order valence-electron chi connectivity index (χ1n) is 9.43. The molecule has 156 valence electrons. The van der Waals surface area contributed by atoms with E-state index in [9.17, 15) is 9.59 Å². The molecule has 3 aromatic rings. The number of thioether (sulfide) groups is 1. The van der Waals surface area contributed by atoms with Crippen molar-refractivity contribution < 1.29 is 9.59 Å². The number of hydrogen-bond acceptors (Lipinski definition) is 5.